The van der Waals surface area contributed by atoms with Crippen LogP contribution >= 0.6 is 11.8 Å². The predicted octanol–water partition coefficient (Wildman–Crippen LogP) is 4.08. The normalized spacial score (nSPS) is 11.0. The van der Waals surface area contributed by atoms with Crippen molar-refractivity contribution in [1.29, 1.82) is 5.26 Å². The number of nitrogens with one attached hydrogen (secondary N) is 1. The summed E-state index contributed by atoms with van der Waals surface area (Å²) >= 11 is 1.46. The molecule has 0 saturated carbocycles. The zero-order valence-corrected chi connectivity index (χ0v) is 16.2. The summed E-state index contributed by atoms with van der Waals surface area (Å²) in [5.41, 5.74) is 2.91. The number of aromatic nitrogens is 3. The molecule has 28 heavy (non-hydrogen) atoms. The minimum absolute atomic E-state index is 0.212. The molecule has 4 aromatic rings. The van der Waals surface area contributed by atoms with Gasteiger partial charge in [-0.25, -0.2) is 0 Å². The van der Waals surface area contributed by atoms with Crippen LogP contribution in [-0.2, 0) is 4.79 Å². The summed E-state index contributed by atoms with van der Waals surface area (Å²) < 4.78 is 7.47. The van der Waals surface area contributed by atoms with Gasteiger partial charge in [0.1, 0.15) is 17.4 Å². The zero-order valence-electron chi connectivity index (χ0n) is 15.4. The summed E-state index contributed by atoms with van der Waals surface area (Å²) in [4.78, 5) is 12.3. The maximum atomic E-state index is 12.3. The molecule has 7 nitrogen and oxygen atoms in total. The number of amides is 1. The predicted molar refractivity (Wildman–Crippen MR) is 107 cm³/mol. The van der Waals surface area contributed by atoms with Crippen molar-refractivity contribution in [2.24, 2.45) is 0 Å². The number of hydrogen-bond donors (Lipinski definition) is 1. The standard InChI is InChI=1S/C20H17N5O2S/c1-12-13(2)27-19(15(12)11-21)22-18(26)9-10-28-20-24-23-17-8-7-14-5-3-4-6-16(14)25(17)20/h3-8H,9-10H2,1-2H3,(H,22,26). The number of nitriles is 1. The molecule has 0 unspecified atom stereocenters. The number of fused-ring (bicyclic) bond motifs is 3. The SMILES string of the molecule is Cc1oc(NC(=O)CCSc2nnc3ccc4ccccc4n23)c(C#N)c1C. The topological polar surface area (TPSA) is 96.2 Å². The molecule has 1 aromatic carbocycles. The molecule has 0 atom stereocenters. The van der Waals surface area contributed by atoms with Crippen LogP contribution in [-0.4, -0.2) is 26.3 Å². The van der Waals surface area contributed by atoms with E-state index in [0.717, 1.165) is 27.3 Å². The first kappa shape index (κ1) is 18.1. The fourth-order valence-electron chi connectivity index (χ4n) is 2.98. The van der Waals surface area contributed by atoms with E-state index in [4.69, 9.17) is 4.42 Å². The second kappa shape index (κ2) is 7.37. The number of carbonyl (C=O) groups is 1. The number of nitrogens with zero attached hydrogens (tertiary/aromatic N) is 4. The first-order valence-electron chi connectivity index (χ1n) is 8.74. The van der Waals surface area contributed by atoms with Crippen LogP contribution in [0.15, 0.2) is 46.0 Å². The smallest absolute Gasteiger partial charge is 0.227 e. The van der Waals surface area contributed by atoms with Crippen LogP contribution in [0.25, 0.3) is 16.6 Å². The number of aryl methyl sites for hydroxylation is 1. The third-order valence-electron chi connectivity index (χ3n) is 4.56. The van der Waals surface area contributed by atoms with Gasteiger partial charge in [-0.3, -0.25) is 14.5 Å². The van der Waals surface area contributed by atoms with Gasteiger partial charge in [-0.2, -0.15) is 5.26 Å². The Bertz CT molecular complexity index is 1230. The monoisotopic (exact) mass is 391 g/mol. The number of thioether (sulfide) groups is 1. The van der Waals surface area contributed by atoms with Crippen LogP contribution in [0.4, 0.5) is 5.88 Å². The Morgan fingerprint density at radius 1 is 1.25 bits per heavy atom. The van der Waals surface area contributed by atoms with E-state index in [9.17, 15) is 10.1 Å². The molecule has 3 aromatic heterocycles. The van der Waals surface area contributed by atoms with Gasteiger partial charge < -0.3 is 4.42 Å². The van der Waals surface area contributed by atoms with Gasteiger partial charge in [0.2, 0.25) is 11.8 Å². The Morgan fingerprint density at radius 3 is 2.89 bits per heavy atom. The molecule has 0 aliphatic heterocycles. The molecule has 0 aliphatic rings. The number of anilines is 1. The van der Waals surface area contributed by atoms with Gasteiger partial charge >= 0.3 is 0 Å². The molecule has 0 fully saturated rings. The van der Waals surface area contributed by atoms with Gasteiger partial charge in [-0.1, -0.05) is 30.0 Å². The lowest BCUT2D eigenvalue weighted by atomic mass is 10.2. The van der Waals surface area contributed by atoms with Gasteiger partial charge in [0.25, 0.3) is 0 Å². The average Bonchev–Trinajstić information content (AvgIpc) is 3.23. The molecule has 3 heterocycles. The van der Waals surface area contributed by atoms with E-state index in [1.165, 1.54) is 11.8 Å². The second-order valence-corrected chi connectivity index (χ2v) is 7.38. The first-order chi connectivity index (χ1) is 13.6. The van der Waals surface area contributed by atoms with Crippen LogP contribution in [0.2, 0.25) is 0 Å². The van der Waals surface area contributed by atoms with Crippen LogP contribution < -0.4 is 5.32 Å². The van der Waals surface area contributed by atoms with Crippen LogP contribution in [0.5, 0.6) is 0 Å². The second-order valence-electron chi connectivity index (χ2n) is 6.31. The summed E-state index contributed by atoms with van der Waals surface area (Å²) in [6.07, 6.45) is 0.258. The minimum atomic E-state index is -0.212. The molecule has 4 rings (SSSR count). The third-order valence-corrected chi connectivity index (χ3v) is 5.49. The maximum Gasteiger partial charge on any atom is 0.227 e. The highest BCUT2D eigenvalue weighted by Gasteiger charge is 2.17. The van der Waals surface area contributed by atoms with Crippen molar-refractivity contribution in [3.63, 3.8) is 0 Å². The number of rotatable bonds is 5. The fraction of sp³-hybridized carbons (Fsp3) is 0.200. The summed E-state index contributed by atoms with van der Waals surface area (Å²) in [5.74, 6) is 1.15. The van der Waals surface area contributed by atoms with Crippen LogP contribution in [0, 0.1) is 25.2 Å². The number of pyridine rings is 1. The molecular formula is C20H17N5O2S. The van der Waals surface area contributed by atoms with E-state index in [0.29, 0.717) is 17.1 Å². The van der Waals surface area contributed by atoms with Gasteiger partial charge in [-0.05, 0) is 37.4 Å². The van der Waals surface area contributed by atoms with Crippen molar-refractivity contribution >= 4 is 40.1 Å². The summed E-state index contributed by atoms with van der Waals surface area (Å²) in [6, 6.07) is 14.0. The molecule has 1 amide bonds. The van der Waals surface area contributed by atoms with E-state index >= 15 is 0 Å². The van der Waals surface area contributed by atoms with E-state index in [1.54, 1.807) is 13.8 Å². The van der Waals surface area contributed by atoms with Crippen molar-refractivity contribution in [2.75, 3.05) is 11.1 Å². The Balaban J connectivity index is 1.46. The lowest BCUT2D eigenvalue weighted by Gasteiger charge is -2.05. The molecular weight excluding hydrogens is 374 g/mol. The van der Waals surface area contributed by atoms with E-state index in [-0.39, 0.29) is 18.2 Å². The lowest BCUT2D eigenvalue weighted by Crippen LogP contribution is -2.12. The molecule has 0 saturated heterocycles. The quantitative estimate of drug-likeness (QED) is 0.515. The summed E-state index contributed by atoms with van der Waals surface area (Å²) in [7, 11) is 0. The molecule has 0 bridgehead atoms. The van der Waals surface area contributed by atoms with E-state index in [2.05, 4.69) is 21.6 Å². The molecule has 0 spiro atoms. The van der Waals surface area contributed by atoms with E-state index in [1.807, 2.05) is 40.8 Å². The van der Waals surface area contributed by atoms with Gasteiger partial charge in [0.15, 0.2) is 10.8 Å². The maximum absolute atomic E-state index is 12.3. The Labute approximate surface area is 165 Å². The number of hydrogen-bond acceptors (Lipinski definition) is 6. The molecule has 0 aliphatic carbocycles. The Hall–Kier alpha value is -3.31. The summed E-state index contributed by atoms with van der Waals surface area (Å²) in [6.45, 7) is 3.56. The van der Waals surface area contributed by atoms with E-state index < -0.39 is 0 Å². The molecule has 8 heteroatoms. The Kier molecular flexibility index (Phi) is 4.75. The Morgan fingerprint density at radius 2 is 2.07 bits per heavy atom. The summed E-state index contributed by atoms with van der Waals surface area (Å²) in [5, 5.41) is 22.2. The van der Waals surface area contributed by atoms with Gasteiger partial charge in [0, 0.05) is 17.7 Å². The van der Waals surface area contributed by atoms with Gasteiger partial charge in [-0.15, -0.1) is 10.2 Å². The lowest BCUT2D eigenvalue weighted by molar-refractivity contribution is -0.115. The zero-order chi connectivity index (χ0) is 19.7. The number of para-hydroxylation sites is 1. The highest BCUT2D eigenvalue weighted by Crippen LogP contribution is 2.26. The number of carbonyl (C=O) groups excluding carboxylic acids is 1. The van der Waals surface area contributed by atoms with Crippen molar-refractivity contribution < 1.29 is 9.21 Å². The number of furan rings is 1. The largest absolute Gasteiger partial charge is 0.444 e. The van der Waals surface area contributed by atoms with Crippen LogP contribution in [0.3, 0.4) is 0 Å². The number of benzene rings is 1. The van der Waals surface area contributed by atoms with Crippen molar-refractivity contribution in [2.45, 2.75) is 25.4 Å². The van der Waals surface area contributed by atoms with Crippen molar-refractivity contribution in [1.82, 2.24) is 14.6 Å². The van der Waals surface area contributed by atoms with Crippen LogP contribution in [0.1, 0.15) is 23.3 Å². The highest BCUT2D eigenvalue weighted by atomic mass is 32.2. The molecule has 1 N–H and O–H groups in total. The first-order valence-corrected chi connectivity index (χ1v) is 9.72. The van der Waals surface area contributed by atoms with Gasteiger partial charge in [0.05, 0.1) is 5.52 Å². The van der Waals surface area contributed by atoms with Crippen molar-refractivity contribution in [3.8, 4) is 6.07 Å². The molecule has 0 radical (unpaired) electrons. The fourth-order valence-corrected chi connectivity index (χ4v) is 3.87. The van der Waals surface area contributed by atoms with Crippen molar-refractivity contribution in [3.05, 3.63) is 53.3 Å². The average molecular weight is 391 g/mol. The highest BCUT2D eigenvalue weighted by molar-refractivity contribution is 7.99. The third kappa shape index (κ3) is 3.21. The minimum Gasteiger partial charge on any atom is -0.444 e. The molecule has 140 valence electrons.